The van der Waals surface area contributed by atoms with Crippen LogP contribution in [0.5, 0.6) is 0 Å². The number of benzene rings is 1. The van der Waals surface area contributed by atoms with E-state index >= 15 is 0 Å². The number of allylic oxidation sites excluding steroid dienone is 2. The van der Waals surface area contributed by atoms with Crippen molar-refractivity contribution in [3.8, 4) is 0 Å². The Morgan fingerprint density at radius 1 is 1.26 bits per heavy atom. The number of hydrogen-bond donors (Lipinski definition) is 0. The Hall–Kier alpha value is -2.74. The summed E-state index contributed by atoms with van der Waals surface area (Å²) < 4.78 is 25.0. The molecule has 0 saturated carbocycles. The molecule has 0 aliphatic heterocycles. The summed E-state index contributed by atoms with van der Waals surface area (Å²) in [7, 11) is -3.89. The molecule has 1 heterocycles. The van der Waals surface area contributed by atoms with Gasteiger partial charge >= 0.3 is 5.03 Å². The van der Waals surface area contributed by atoms with Gasteiger partial charge in [-0.15, -0.1) is 0 Å². The van der Waals surface area contributed by atoms with E-state index in [0.717, 1.165) is 6.20 Å². The molecule has 0 aliphatic rings. The summed E-state index contributed by atoms with van der Waals surface area (Å²) in [6, 6.07) is 10.1. The highest BCUT2D eigenvalue weighted by Crippen LogP contribution is 2.18. The number of non-ortho nitro benzene ring substituents is 1. The van der Waals surface area contributed by atoms with Gasteiger partial charge in [-0.2, -0.15) is 4.73 Å². The van der Waals surface area contributed by atoms with Crippen molar-refractivity contribution in [3.63, 3.8) is 0 Å². The molecule has 120 valence electrons. The van der Waals surface area contributed by atoms with Gasteiger partial charge in [0, 0.05) is 29.2 Å². The van der Waals surface area contributed by atoms with E-state index in [9.17, 15) is 23.7 Å². The molecule has 0 unspecified atom stereocenters. The van der Waals surface area contributed by atoms with E-state index in [2.05, 4.69) is 0 Å². The lowest BCUT2D eigenvalue weighted by atomic mass is 10.1. The van der Waals surface area contributed by atoms with E-state index in [-0.39, 0.29) is 22.0 Å². The Morgan fingerprint density at radius 2 is 2.00 bits per heavy atom. The summed E-state index contributed by atoms with van der Waals surface area (Å²) >= 11 is 0. The highest BCUT2D eigenvalue weighted by molar-refractivity contribution is 7.95. The van der Waals surface area contributed by atoms with Crippen LogP contribution in [0.2, 0.25) is 0 Å². The number of rotatable bonds is 5. The smallest absolute Gasteiger partial charge is 0.313 e. The minimum atomic E-state index is -3.89. The Kier molecular flexibility index (Phi) is 4.75. The Bertz CT molecular complexity index is 875. The Labute approximate surface area is 133 Å². The van der Waals surface area contributed by atoms with Crippen LogP contribution < -0.4 is 4.73 Å². The van der Waals surface area contributed by atoms with Gasteiger partial charge in [0.1, 0.15) is 0 Å². The molecule has 1 aromatic carbocycles. The van der Waals surface area contributed by atoms with Gasteiger partial charge in [-0.1, -0.05) is 18.2 Å². The van der Waals surface area contributed by atoms with E-state index in [0.29, 0.717) is 10.3 Å². The molecule has 0 atom stereocenters. The minimum absolute atomic E-state index is 0.0137. The van der Waals surface area contributed by atoms with Crippen molar-refractivity contribution in [2.75, 3.05) is 0 Å². The van der Waals surface area contributed by atoms with Crippen LogP contribution >= 0.6 is 0 Å². The third-order valence-corrected chi connectivity index (χ3v) is 5.12. The second kappa shape index (κ2) is 6.57. The Morgan fingerprint density at radius 3 is 2.65 bits per heavy atom. The van der Waals surface area contributed by atoms with Crippen LogP contribution in [-0.2, 0) is 16.3 Å². The predicted molar refractivity (Wildman–Crippen MR) is 83.1 cm³/mol. The lowest BCUT2D eigenvalue weighted by Crippen LogP contribution is -2.33. The summed E-state index contributed by atoms with van der Waals surface area (Å²) in [5, 5.41) is 22.0. The number of hydrogen-bond acceptors (Lipinski definition) is 5. The van der Waals surface area contributed by atoms with Crippen LogP contribution in [0.3, 0.4) is 0 Å². The molecule has 2 rings (SSSR count). The average molecular weight is 334 g/mol. The number of nitrogens with zero attached hydrogens (tertiary/aromatic N) is 2. The summed E-state index contributed by atoms with van der Waals surface area (Å²) in [5.41, 5.74) is 0.550. The molecule has 7 nitrogen and oxygen atoms in total. The fraction of sp³-hybridized carbons (Fsp3) is 0.133. The van der Waals surface area contributed by atoms with Crippen LogP contribution in [0.25, 0.3) is 0 Å². The van der Waals surface area contributed by atoms with E-state index in [1.54, 1.807) is 6.07 Å². The largest absolute Gasteiger partial charge is 0.618 e. The summed E-state index contributed by atoms with van der Waals surface area (Å²) in [5.74, 6) is 0. The number of pyridine rings is 1. The molecule has 0 fully saturated rings. The monoisotopic (exact) mass is 334 g/mol. The molecular weight excluding hydrogens is 320 g/mol. The van der Waals surface area contributed by atoms with Gasteiger partial charge in [0.15, 0.2) is 6.20 Å². The molecule has 0 amide bonds. The second-order valence-electron chi connectivity index (χ2n) is 4.81. The molecule has 0 saturated heterocycles. The lowest BCUT2D eigenvalue weighted by Gasteiger charge is -2.05. The fourth-order valence-corrected chi connectivity index (χ4v) is 3.14. The van der Waals surface area contributed by atoms with Crippen LogP contribution in [0.1, 0.15) is 12.5 Å². The maximum absolute atomic E-state index is 12.4. The second-order valence-corrected chi connectivity index (χ2v) is 6.88. The molecule has 1 aromatic heterocycles. The quantitative estimate of drug-likeness (QED) is 0.360. The Balaban J connectivity index is 2.28. The standard InChI is InChI=1S/C15H14N2O5S/c1-12(23(21,22)15-7-2-3-10-16(15)18)8-9-13-5-4-6-14(11-13)17(19)20/h2-8,10-11H,9H2,1H3. The first kappa shape index (κ1) is 16.6. The molecule has 0 aliphatic carbocycles. The summed E-state index contributed by atoms with van der Waals surface area (Å²) in [6.07, 6.45) is 2.75. The number of aromatic nitrogens is 1. The molecule has 23 heavy (non-hydrogen) atoms. The van der Waals surface area contributed by atoms with Gasteiger partial charge in [0.2, 0.25) is 0 Å². The van der Waals surface area contributed by atoms with Gasteiger partial charge in [0.25, 0.3) is 15.5 Å². The number of sulfone groups is 1. The van der Waals surface area contributed by atoms with Crippen molar-refractivity contribution in [3.05, 3.63) is 80.5 Å². The molecule has 0 bridgehead atoms. The van der Waals surface area contributed by atoms with E-state index in [4.69, 9.17) is 0 Å². The van der Waals surface area contributed by atoms with Gasteiger partial charge in [0.05, 0.1) is 4.92 Å². The normalized spacial score (nSPS) is 12.1. The van der Waals surface area contributed by atoms with Gasteiger partial charge < -0.3 is 5.21 Å². The zero-order valence-corrected chi connectivity index (χ0v) is 13.1. The van der Waals surface area contributed by atoms with Crippen molar-refractivity contribution in [2.45, 2.75) is 18.4 Å². The average Bonchev–Trinajstić information content (AvgIpc) is 2.53. The van der Waals surface area contributed by atoms with Gasteiger partial charge in [-0.05, 0) is 25.0 Å². The number of nitro groups is 1. The molecule has 0 N–H and O–H groups in total. The van der Waals surface area contributed by atoms with Crippen molar-refractivity contribution in [2.24, 2.45) is 0 Å². The summed E-state index contributed by atoms with van der Waals surface area (Å²) in [6.45, 7) is 1.39. The van der Waals surface area contributed by atoms with Gasteiger partial charge in [-0.3, -0.25) is 10.1 Å². The SMILES string of the molecule is CC(=CCc1cccc([N+](=O)[O-])c1)S(=O)(=O)c1cccc[n+]1[O-]. The van der Waals surface area contributed by atoms with Crippen LogP contribution in [0.15, 0.2) is 64.7 Å². The third kappa shape index (κ3) is 3.72. The van der Waals surface area contributed by atoms with Crippen LogP contribution in [0.4, 0.5) is 5.69 Å². The lowest BCUT2D eigenvalue weighted by molar-refractivity contribution is -0.646. The first-order valence-corrected chi connectivity index (χ1v) is 8.14. The molecular formula is C15H14N2O5S. The predicted octanol–water partition coefficient (Wildman–Crippen LogP) is 2.15. The van der Waals surface area contributed by atoms with Crippen molar-refractivity contribution in [1.29, 1.82) is 0 Å². The number of nitro benzene ring substituents is 1. The zero-order chi connectivity index (χ0) is 17.0. The third-order valence-electron chi connectivity index (χ3n) is 3.23. The van der Waals surface area contributed by atoms with Crippen molar-refractivity contribution >= 4 is 15.5 Å². The van der Waals surface area contributed by atoms with E-state index < -0.39 is 14.8 Å². The first-order chi connectivity index (χ1) is 10.8. The maximum atomic E-state index is 12.4. The maximum Gasteiger partial charge on any atom is 0.313 e. The fourth-order valence-electron chi connectivity index (χ4n) is 1.95. The minimum Gasteiger partial charge on any atom is -0.618 e. The van der Waals surface area contributed by atoms with Crippen LogP contribution in [-0.4, -0.2) is 13.3 Å². The highest BCUT2D eigenvalue weighted by atomic mass is 32.2. The topological polar surface area (TPSA) is 104 Å². The first-order valence-electron chi connectivity index (χ1n) is 6.66. The molecule has 2 aromatic rings. The van der Waals surface area contributed by atoms with Crippen molar-refractivity contribution in [1.82, 2.24) is 0 Å². The van der Waals surface area contributed by atoms with E-state index in [1.165, 1.54) is 49.4 Å². The molecule has 8 heteroatoms. The zero-order valence-electron chi connectivity index (χ0n) is 12.2. The van der Waals surface area contributed by atoms with Gasteiger partial charge in [-0.25, -0.2) is 8.42 Å². The van der Waals surface area contributed by atoms with E-state index in [1.807, 2.05) is 0 Å². The highest BCUT2D eigenvalue weighted by Gasteiger charge is 2.25. The summed E-state index contributed by atoms with van der Waals surface area (Å²) in [4.78, 5) is 10.2. The van der Waals surface area contributed by atoms with Crippen LogP contribution in [0, 0.1) is 15.3 Å². The molecule has 0 radical (unpaired) electrons. The van der Waals surface area contributed by atoms with Crippen molar-refractivity contribution < 1.29 is 18.1 Å². The molecule has 0 spiro atoms.